The number of aliphatic hydroxyl groups excluding tert-OH is 2. The van der Waals surface area contributed by atoms with Crippen LogP contribution in [-0.4, -0.2) is 67.2 Å². The maximum absolute atomic E-state index is 11.5. The summed E-state index contributed by atoms with van der Waals surface area (Å²) in [5.74, 6) is 0.216. The fraction of sp³-hybridized carbons (Fsp3) is 0.333. The molecule has 1 fully saturated rings. The van der Waals surface area contributed by atoms with Crippen molar-refractivity contribution in [3.05, 3.63) is 84.4 Å². The molecule has 0 spiro atoms. The van der Waals surface area contributed by atoms with Crippen molar-refractivity contribution in [2.75, 3.05) is 18.5 Å². The predicted molar refractivity (Wildman–Crippen MR) is 136 cm³/mol. The Morgan fingerprint density at radius 2 is 1.70 bits per heavy atom. The topological polar surface area (TPSA) is 132 Å². The van der Waals surface area contributed by atoms with E-state index in [2.05, 4.69) is 44.5 Å². The maximum atomic E-state index is 11.5. The SMILES string of the molecule is CCC(=O)OC[C@H]1O[C@@H](n2cnc3c(NCC(c4ccccc4)c4ccccc4)ncnc32)[C@H](O)[C@@H]1O. The molecule has 3 N–H and O–H groups in total. The number of carbonyl (C=O) groups excluding carboxylic acids is 1. The first-order valence-corrected chi connectivity index (χ1v) is 12.2. The third-order valence-electron chi connectivity index (χ3n) is 6.54. The summed E-state index contributed by atoms with van der Waals surface area (Å²) in [4.78, 5) is 24.7. The molecular formula is C27H29N5O5. The number of anilines is 1. The molecule has 3 heterocycles. The molecule has 0 radical (unpaired) electrons. The van der Waals surface area contributed by atoms with Gasteiger partial charge in [0, 0.05) is 18.9 Å². The number of rotatable bonds is 9. The van der Waals surface area contributed by atoms with Crippen molar-refractivity contribution in [3.8, 4) is 0 Å². The van der Waals surface area contributed by atoms with Gasteiger partial charge in [-0.05, 0) is 11.1 Å². The van der Waals surface area contributed by atoms with Crippen molar-refractivity contribution in [2.45, 2.75) is 43.8 Å². The number of ether oxygens (including phenoxy) is 2. The van der Waals surface area contributed by atoms with Crippen LogP contribution in [0.2, 0.25) is 0 Å². The van der Waals surface area contributed by atoms with E-state index in [0.29, 0.717) is 23.5 Å². The second-order valence-corrected chi connectivity index (χ2v) is 8.88. The summed E-state index contributed by atoms with van der Waals surface area (Å²) < 4.78 is 12.5. The molecule has 10 nitrogen and oxygen atoms in total. The Hall–Kier alpha value is -3.86. The van der Waals surface area contributed by atoms with Gasteiger partial charge in [0.1, 0.15) is 31.2 Å². The Kier molecular flexibility index (Phi) is 7.40. The molecule has 1 saturated heterocycles. The zero-order valence-corrected chi connectivity index (χ0v) is 20.3. The zero-order chi connectivity index (χ0) is 25.8. The Morgan fingerprint density at radius 3 is 2.35 bits per heavy atom. The van der Waals surface area contributed by atoms with Crippen LogP contribution in [0.4, 0.5) is 5.82 Å². The predicted octanol–water partition coefficient (Wildman–Crippen LogP) is 2.64. The van der Waals surface area contributed by atoms with E-state index < -0.39 is 30.5 Å². The van der Waals surface area contributed by atoms with Gasteiger partial charge in [-0.15, -0.1) is 0 Å². The van der Waals surface area contributed by atoms with E-state index >= 15 is 0 Å². The van der Waals surface area contributed by atoms with Gasteiger partial charge in [0.2, 0.25) is 0 Å². The van der Waals surface area contributed by atoms with E-state index in [1.807, 2.05) is 36.4 Å². The smallest absolute Gasteiger partial charge is 0.305 e. The van der Waals surface area contributed by atoms with Crippen LogP contribution >= 0.6 is 0 Å². The van der Waals surface area contributed by atoms with E-state index in [1.54, 1.807) is 11.5 Å². The molecule has 0 amide bonds. The van der Waals surface area contributed by atoms with Crippen LogP contribution < -0.4 is 5.32 Å². The van der Waals surface area contributed by atoms with Crippen molar-refractivity contribution in [2.24, 2.45) is 0 Å². The molecule has 2 aromatic carbocycles. The average Bonchev–Trinajstić information content (AvgIpc) is 3.49. The zero-order valence-electron chi connectivity index (χ0n) is 20.3. The Bertz CT molecular complexity index is 1290. The van der Waals surface area contributed by atoms with Crippen LogP contribution in [0.15, 0.2) is 73.3 Å². The summed E-state index contributed by atoms with van der Waals surface area (Å²) in [5.41, 5.74) is 3.29. The highest BCUT2D eigenvalue weighted by molar-refractivity contribution is 5.82. The number of nitrogens with zero attached hydrogens (tertiary/aromatic N) is 4. The van der Waals surface area contributed by atoms with Crippen LogP contribution in [0, 0.1) is 0 Å². The minimum atomic E-state index is -1.25. The lowest BCUT2D eigenvalue weighted by Gasteiger charge is -2.19. The van der Waals surface area contributed by atoms with Crippen molar-refractivity contribution in [1.29, 1.82) is 0 Å². The molecule has 1 aliphatic heterocycles. The van der Waals surface area contributed by atoms with Crippen LogP contribution in [0.25, 0.3) is 11.2 Å². The van der Waals surface area contributed by atoms with Crippen LogP contribution in [0.3, 0.4) is 0 Å². The van der Waals surface area contributed by atoms with Gasteiger partial charge in [0.15, 0.2) is 23.2 Å². The first-order chi connectivity index (χ1) is 18.1. The quantitative estimate of drug-likeness (QED) is 0.295. The minimum absolute atomic E-state index is 0.0798. The Labute approximate surface area is 213 Å². The average molecular weight is 504 g/mol. The van der Waals surface area contributed by atoms with Gasteiger partial charge in [-0.2, -0.15) is 0 Å². The molecule has 0 aliphatic carbocycles. The standard InChI is InChI=1S/C27H29N5O5/c1-2-21(33)36-14-20-23(34)24(35)27(37-20)32-16-31-22-25(29-15-30-26(22)32)28-13-19(17-9-5-3-6-10-17)18-11-7-4-8-12-18/h3-12,15-16,19-20,23-24,27,34-35H,2,13-14H2,1H3,(H,28,29,30)/t20-,23-,24-,27-/m1/s1. The van der Waals surface area contributed by atoms with Gasteiger partial charge in [-0.1, -0.05) is 67.6 Å². The summed E-state index contributed by atoms with van der Waals surface area (Å²) in [6.07, 6.45) is -1.18. The first-order valence-electron chi connectivity index (χ1n) is 12.2. The number of esters is 1. The van der Waals surface area contributed by atoms with Gasteiger partial charge in [0.05, 0.1) is 6.33 Å². The highest BCUT2D eigenvalue weighted by Gasteiger charge is 2.45. The lowest BCUT2D eigenvalue weighted by Crippen LogP contribution is -2.34. The number of fused-ring (bicyclic) bond motifs is 1. The maximum Gasteiger partial charge on any atom is 0.305 e. The van der Waals surface area contributed by atoms with Crippen LogP contribution in [-0.2, 0) is 14.3 Å². The van der Waals surface area contributed by atoms with Crippen molar-refractivity contribution in [3.63, 3.8) is 0 Å². The van der Waals surface area contributed by atoms with E-state index in [-0.39, 0.29) is 18.9 Å². The molecule has 0 saturated carbocycles. The molecule has 4 atom stereocenters. The second kappa shape index (κ2) is 11.0. The molecule has 1 aliphatic rings. The van der Waals surface area contributed by atoms with E-state index in [0.717, 1.165) is 0 Å². The normalized spacial score (nSPS) is 21.4. The fourth-order valence-corrected chi connectivity index (χ4v) is 4.54. The van der Waals surface area contributed by atoms with Gasteiger partial charge in [-0.3, -0.25) is 9.36 Å². The number of carbonyl (C=O) groups is 1. The minimum Gasteiger partial charge on any atom is -0.463 e. The number of hydrogen-bond acceptors (Lipinski definition) is 9. The summed E-state index contributed by atoms with van der Waals surface area (Å²) >= 11 is 0. The molecule has 37 heavy (non-hydrogen) atoms. The number of nitrogens with one attached hydrogen (secondary N) is 1. The summed E-state index contributed by atoms with van der Waals surface area (Å²) in [5, 5.41) is 24.5. The van der Waals surface area contributed by atoms with E-state index in [1.165, 1.54) is 23.8 Å². The number of aliphatic hydroxyl groups is 2. The third-order valence-corrected chi connectivity index (χ3v) is 6.54. The van der Waals surface area contributed by atoms with Crippen molar-refractivity contribution >= 4 is 23.0 Å². The van der Waals surface area contributed by atoms with Crippen LogP contribution in [0.1, 0.15) is 36.6 Å². The molecule has 0 bridgehead atoms. The van der Waals surface area contributed by atoms with Gasteiger partial charge >= 0.3 is 5.97 Å². The highest BCUT2D eigenvalue weighted by Crippen LogP contribution is 2.33. The second-order valence-electron chi connectivity index (χ2n) is 8.88. The summed E-state index contributed by atoms with van der Waals surface area (Å²) in [6.45, 7) is 2.09. The lowest BCUT2D eigenvalue weighted by atomic mass is 9.91. The van der Waals surface area contributed by atoms with Crippen molar-refractivity contribution in [1.82, 2.24) is 19.5 Å². The van der Waals surface area contributed by atoms with E-state index in [9.17, 15) is 15.0 Å². The molecule has 10 heteroatoms. The molecular weight excluding hydrogens is 474 g/mol. The van der Waals surface area contributed by atoms with Crippen molar-refractivity contribution < 1.29 is 24.5 Å². The number of hydrogen-bond donors (Lipinski definition) is 3. The first kappa shape index (κ1) is 24.8. The van der Waals surface area contributed by atoms with Gasteiger partial charge in [0.25, 0.3) is 0 Å². The summed E-state index contributed by atoms with van der Waals surface area (Å²) in [6, 6.07) is 20.5. The molecule has 192 valence electrons. The Balaban J connectivity index is 1.37. The highest BCUT2D eigenvalue weighted by atomic mass is 16.6. The molecule has 4 aromatic rings. The van der Waals surface area contributed by atoms with E-state index in [4.69, 9.17) is 9.47 Å². The van der Waals surface area contributed by atoms with Gasteiger partial charge in [-0.25, -0.2) is 15.0 Å². The number of benzene rings is 2. The monoisotopic (exact) mass is 503 g/mol. The molecule has 5 rings (SSSR count). The Morgan fingerprint density at radius 1 is 1.03 bits per heavy atom. The summed E-state index contributed by atoms with van der Waals surface area (Å²) in [7, 11) is 0. The number of aromatic nitrogens is 4. The van der Waals surface area contributed by atoms with Crippen LogP contribution in [0.5, 0.6) is 0 Å². The largest absolute Gasteiger partial charge is 0.463 e. The number of imidazole rings is 1. The fourth-order valence-electron chi connectivity index (χ4n) is 4.54. The molecule has 2 aromatic heterocycles. The third kappa shape index (κ3) is 5.17. The lowest BCUT2D eigenvalue weighted by molar-refractivity contribution is -0.149. The van der Waals surface area contributed by atoms with Gasteiger partial charge < -0.3 is 25.0 Å². The molecule has 0 unspecified atom stereocenters.